The van der Waals surface area contributed by atoms with Crippen LogP contribution < -0.4 is 10.1 Å². The minimum atomic E-state index is 0.483. The molecule has 0 bridgehead atoms. The first-order chi connectivity index (χ1) is 11.7. The number of nitrogens with zero attached hydrogens (tertiary/aromatic N) is 2. The van der Waals surface area contributed by atoms with E-state index in [0.29, 0.717) is 11.1 Å². The fourth-order valence-electron chi connectivity index (χ4n) is 3.23. The maximum absolute atomic E-state index is 6.17. The van der Waals surface area contributed by atoms with Gasteiger partial charge in [-0.15, -0.1) is 0 Å². The molecule has 1 saturated heterocycles. The lowest BCUT2D eigenvalue weighted by Gasteiger charge is -2.35. The highest BCUT2D eigenvalue weighted by molar-refractivity contribution is 6.31. The quantitative estimate of drug-likeness (QED) is 0.844. The summed E-state index contributed by atoms with van der Waals surface area (Å²) < 4.78 is 6.12. The van der Waals surface area contributed by atoms with Gasteiger partial charge in [-0.3, -0.25) is 0 Å². The minimum absolute atomic E-state index is 0.483. The number of amidine groups is 1. The summed E-state index contributed by atoms with van der Waals surface area (Å²) in [6.45, 7) is 5.05. The molecule has 1 atom stereocenters. The van der Waals surface area contributed by atoms with Crippen molar-refractivity contribution in [2.24, 2.45) is 4.99 Å². The van der Waals surface area contributed by atoms with Gasteiger partial charge in [0.15, 0.2) is 5.75 Å². The Labute approximate surface area is 147 Å². The monoisotopic (exact) mass is 341 g/mol. The van der Waals surface area contributed by atoms with Crippen LogP contribution in [0.4, 0.5) is 5.69 Å². The van der Waals surface area contributed by atoms with E-state index in [1.807, 2.05) is 36.4 Å². The maximum Gasteiger partial charge on any atom is 0.153 e. The highest BCUT2D eigenvalue weighted by Gasteiger charge is 2.26. The van der Waals surface area contributed by atoms with Crippen LogP contribution >= 0.6 is 11.6 Å². The molecule has 4 rings (SSSR count). The summed E-state index contributed by atoms with van der Waals surface area (Å²) in [5.74, 6) is 2.54. The zero-order valence-corrected chi connectivity index (χ0v) is 14.4. The molecule has 124 valence electrons. The second-order valence-electron chi connectivity index (χ2n) is 6.15. The van der Waals surface area contributed by atoms with Crippen LogP contribution in [0.15, 0.2) is 47.5 Å². The Hall–Kier alpha value is -2.04. The molecule has 0 spiro atoms. The normalized spacial score (nSPS) is 19.7. The van der Waals surface area contributed by atoms with Crippen molar-refractivity contribution in [3.63, 3.8) is 0 Å². The SMILES string of the molecule is CCC1CN(C2=Nc3cc(Cl)ccc3Oc3ccccc32)CCN1. The van der Waals surface area contributed by atoms with Crippen LogP contribution in [0.5, 0.6) is 11.5 Å². The lowest BCUT2D eigenvalue weighted by atomic mass is 10.1. The molecule has 0 aromatic heterocycles. The van der Waals surface area contributed by atoms with Gasteiger partial charge in [0.2, 0.25) is 0 Å². The number of halogens is 1. The maximum atomic E-state index is 6.17. The van der Waals surface area contributed by atoms with Crippen molar-refractivity contribution < 1.29 is 4.74 Å². The molecular formula is C19H20ClN3O. The van der Waals surface area contributed by atoms with Gasteiger partial charge in [0.25, 0.3) is 0 Å². The van der Waals surface area contributed by atoms with Gasteiger partial charge in [-0.25, -0.2) is 4.99 Å². The van der Waals surface area contributed by atoms with Gasteiger partial charge in [0.05, 0.1) is 5.56 Å². The summed E-state index contributed by atoms with van der Waals surface area (Å²) in [6, 6.07) is 14.1. The Morgan fingerprint density at radius 2 is 2.12 bits per heavy atom. The van der Waals surface area contributed by atoms with E-state index < -0.39 is 0 Å². The topological polar surface area (TPSA) is 36.9 Å². The van der Waals surface area contributed by atoms with Crippen LogP contribution in [-0.4, -0.2) is 36.4 Å². The Bertz CT molecular complexity index is 790. The summed E-state index contributed by atoms with van der Waals surface area (Å²) >= 11 is 6.17. The second kappa shape index (κ2) is 6.46. The molecule has 1 N–H and O–H groups in total. The average Bonchev–Trinajstić information content (AvgIpc) is 2.78. The van der Waals surface area contributed by atoms with Gasteiger partial charge in [-0.2, -0.15) is 0 Å². The van der Waals surface area contributed by atoms with E-state index in [-0.39, 0.29) is 0 Å². The van der Waals surface area contributed by atoms with E-state index in [9.17, 15) is 0 Å². The number of ether oxygens (including phenoxy) is 1. The number of nitrogens with one attached hydrogen (secondary N) is 1. The average molecular weight is 342 g/mol. The number of hydrogen-bond donors (Lipinski definition) is 1. The second-order valence-corrected chi connectivity index (χ2v) is 6.59. The summed E-state index contributed by atoms with van der Waals surface area (Å²) in [6.07, 6.45) is 1.10. The molecule has 1 fully saturated rings. The molecule has 0 aliphatic carbocycles. The molecule has 2 aromatic carbocycles. The van der Waals surface area contributed by atoms with E-state index in [1.54, 1.807) is 0 Å². The number of para-hydroxylation sites is 1. The molecule has 0 radical (unpaired) electrons. The lowest BCUT2D eigenvalue weighted by Crippen LogP contribution is -2.52. The van der Waals surface area contributed by atoms with Crippen LogP contribution in [-0.2, 0) is 0 Å². The molecule has 2 aromatic rings. The molecule has 2 aliphatic rings. The van der Waals surface area contributed by atoms with E-state index >= 15 is 0 Å². The first-order valence-corrected chi connectivity index (χ1v) is 8.76. The van der Waals surface area contributed by atoms with E-state index in [4.69, 9.17) is 21.3 Å². The largest absolute Gasteiger partial charge is 0.454 e. The van der Waals surface area contributed by atoms with Gasteiger partial charge in [0, 0.05) is 30.7 Å². The van der Waals surface area contributed by atoms with Crippen molar-refractivity contribution in [1.29, 1.82) is 0 Å². The highest BCUT2D eigenvalue weighted by atomic mass is 35.5. The summed E-state index contributed by atoms with van der Waals surface area (Å²) in [7, 11) is 0. The number of rotatable bonds is 1. The van der Waals surface area contributed by atoms with Crippen molar-refractivity contribution in [3.05, 3.63) is 53.1 Å². The van der Waals surface area contributed by atoms with Crippen LogP contribution in [0.3, 0.4) is 0 Å². The highest BCUT2D eigenvalue weighted by Crippen LogP contribution is 2.39. The van der Waals surface area contributed by atoms with Crippen LogP contribution in [0.2, 0.25) is 5.02 Å². The molecule has 5 heteroatoms. The number of aliphatic imine (C=N–C) groups is 1. The molecule has 2 aliphatic heterocycles. The Morgan fingerprint density at radius 3 is 3.00 bits per heavy atom. The van der Waals surface area contributed by atoms with Crippen LogP contribution in [0.1, 0.15) is 18.9 Å². The van der Waals surface area contributed by atoms with E-state index in [0.717, 1.165) is 54.6 Å². The summed E-state index contributed by atoms with van der Waals surface area (Å²) in [5, 5.41) is 4.22. The number of benzene rings is 2. The molecule has 1 unspecified atom stereocenters. The fraction of sp³-hybridized carbons (Fsp3) is 0.316. The lowest BCUT2D eigenvalue weighted by molar-refractivity contribution is 0.287. The smallest absolute Gasteiger partial charge is 0.153 e. The zero-order chi connectivity index (χ0) is 16.5. The van der Waals surface area contributed by atoms with Crippen molar-refractivity contribution in [3.8, 4) is 11.5 Å². The van der Waals surface area contributed by atoms with Crippen LogP contribution in [0.25, 0.3) is 0 Å². The summed E-state index contributed by atoms with van der Waals surface area (Å²) in [4.78, 5) is 7.29. The van der Waals surface area contributed by atoms with Gasteiger partial charge in [-0.1, -0.05) is 30.7 Å². The molecular weight excluding hydrogens is 322 g/mol. The number of hydrogen-bond acceptors (Lipinski definition) is 4. The predicted molar refractivity (Wildman–Crippen MR) is 97.8 cm³/mol. The molecule has 24 heavy (non-hydrogen) atoms. The molecule has 0 saturated carbocycles. The molecule has 2 heterocycles. The van der Waals surface area contributed by atoms with Crippen molar-refractivity contribution in [1.82, 2.24) is 10.2 Å². The van der Waals surface area contributed by atoms with Crippen molar-refractivity contribution in [2.75, 3.05) is 19.6 Å². The van der Waals surface area contributed by atoms with Gasteiger partial charge in [-0.05, 0) is 36.8 Å². The predicted octanol–water partition coefficient (Wildman–Crippen LogP) is 4.21. The number of fused-ring (bicyclic) bond motifs is 2. The van der Waals surface area contributed by atoms with Crippen molar-refractivity contribution >= 4 is 23.1 Å². The fourth-order valence-corrected chi connectivity index (χ4v) is 3.40. The van der Waals surface area contributed by atoms with Gasteiger partial charge >= 0.3 is 0 Å². The standard InChI is InChI=1S/C19H20ClN3O/c1-2-14-12-23(10-9-21-14)19-15-5-3-4-6-17(15)24-18-8-7-13(20)11-16(18)22-19/h3-8,11,14,21H,2,9-10,12H2,1H3. The third kappa shape index (κ3) is 2.87. The van der Waals surface area contributed by atoms with Crippen LogP contribution in [0, 0.1) is 0 Å². The third-order valence-electron chi connectivity index (χ3n) is 4.54. The van der Waals surface area contributed by atoms with E-state index in [1.165, 1.54) is 0 Å². The molecule has 4 nitrogen and oxygen atoms in total. The Morgan fingerprint density at radius 1 is 1.25 bits per heavy atom. The third-order valence-corrected chi connectivity index (χ3v) is 4.78. The zero-order valence-electron chi connectivity index (χ0n) is 13.6. The molecule has 0 amide bonds. The van der Waals surface area contributed by atoms with E-state index in [2.05, 4.69) is 23.2 Å². The summed E-state index contributed by atoms with van der Waals surface area (Å²) in [5.41, 5.74) is 1.81. The minimum Gasteiger partial charge on any atom is -0.454 e. The first-order valence-electron chi connectivity index (χ1n) is 8.38. The van der Waals surface area contributed by atoms with Gasteiger partial charge < -0.3 is 15.0 Å². The Balaban J connectivity index is 1.82. The Kier molecular flexibility index (Phi) is 4.17. The number of piperazine rings is 1. The first kappa shape index (κ1) is 15.5. The van der Waals surface area contributed by atoms with Crippen molar-refractivity contribution in [2.45, 2.75) is 19.4 Å². The van der Waals surface area contributed by atoms with Gasteiger partial charge in [0.1, 0.15) is 17.3 Å².